The third-order valence-corrected chi connectivity index (χ3v) is 5.12. The van der Waals surface area contributed by atoms with Crippen LogP contribution in [0.3, 0.4) is 0 Å². The first-order chi connectivity index (χ1) is 11.2. The van der Waals surface area contributed by atoms with Crippen LogP contribution >= 0.6 is 0 Å². The molecule has 8 heteroatoms. The van der Waals surface area contributed by atoms with E-state index >= 15 is 0 Å². The van der Waals surface area contributed by atoms with Crippen LogP contribution < -0.4 is 14.8 Å². The van der Waals surface area contributed by atoms with Gasteiger partial charge in [0.05, 0.1) is 5.52 Å². The fourth-order valence-corrected chi connectivity index (χ4v) is 3.46. The van der Waals surface area contributed by atoms with Gasteiger partial charge < -0.3 is 4.90 Å². The molecule has 1 fully saturated rings. The van der Waals surface area contributed by atoms with Crippen LogP contribution in [0.15, 0.2) is 12.1 Å². The van der Waals surface area contributed by atoms with Gasteiger partial charge in [0.2, 0.25) is 0 Å². The quantitative estimate of drug-likeness (QED) is 0.844. The molecule has 1 aliphatic rings. The Morgan fingerprint density at radius 1 is 1.21 bits per heavy atom. The fourth-order valence-electron chi connectivity index (χ4n) is 3.06. The number of benzene rings is 1. The Morgan fingerprint density at radius 3 is 2.54 bits per heavy atom. The van der Waals surface area contributed by atoms with Crippen molar-refractivity contribution in [2.45, 2.75) is 27.2 Å². The molecule has 0 spiro atoms. The summed E-state index contributed by atoms with van der Waals surface area (Å²) in [4.78, 5) is 11.4. The molecule has 24 heavy (non-hydrogen) atoms. The minimum atomic E-state index is -3.60. The summed E-state index contributed by atoms with van der Waals surface area (Å²) in [6, 6.07) is 4.26. The van der Waals surface area contributed by atoms with Gasteiger partial charge in [-0.3, -0.25) is 0 Å². The Labute approximate surface area is 142 Å². The molecule has 1 aliphatic heterocycles. The Balaban J connectivity index is 1.74. The van der Waals surface area contributed by atoms with E-state index in [-0.39, 0.29) is 0 Å². The van der Waals surface area contributed by atoms with Gasteiger partial charge in [0.25, 0.3) is 10.2 Å². The number of aromatic nitrogens is 2. The molecule has 3 N–H and O–H groups in total. The van der Waals surface area contributed by atoms with E-state index in [9.17, 15) is 8.42 Å². The minimum absolute atomic E-state index is 0.374. The highest BCUT2D eigenvalue weighted by Crippen LogP contribution is 2.32. The first-order valence-corrected chi connectivity index (χ1v) is 9.55. The first-order valence-electron chi connectivity index (χ1n) is 8.01. The van der Waals surface area contributed by atoms with E-state index in [1.807, 2.05) is 6.92 Å². The van der Waals surface area contributed by atoms with E-state index in [0.717, 1.165) is 42.1 Å². The molecule has 0 aliphatic carbocycles. The lowest BCUT2D eigenvalue weighted by Crippen LogP contribution is -2.48. The molecule has 0 radical (unpaired) electrons. The van der Waals surface area contributed by atoms with Crippen LogP contribution in [0.2, 0.25) is 0 Å². The van der Waals surface area contributed by atoms with Gasteiger partial charge in [0.15, 0.2) is 0 Å². The second-order valence-corrected chi connectivity index (χ2v) is 7.93. The molecular formula is C16H23N5O2S. The van der Waals surface area contributed by atoms with Crippen molar-refractivity contribution in [3.05, 3.63) is 29.1 Å². The summed E-state index contributed by atoms with van der Waals surface area (Å²) >= 11 is 0. The van der Waals surface area contributed by atoms with Crippen LogP contribution in [0, 0.1) is 26.7 Å². The van der Waals surface area contributed by atoms with Gasteiger partial charge in [-0.15, -0.1) is 0 Å². The predicted octanol–water partition coefficient (Wildman–Crippen LogP) is 1.17. The average molecular weight is 349 g/mol. The summed E-state index contributed by atoms with van der Waals surface area (Å²) in [5.74, 6) is 2.17. The van der Waals surface area contributed by atoms with Gasteiger partial charge in [-0.05, 0) is 56.4 Å². The second kappa shape index (κ2) is 6.27. The standard InChI is InChI=1S/C16H23N5O2S/c1-10-6-14-15(7-11(10)2)19-12(3)20-16(14)21-8-13(9-21)4-5-18-24(17,22)23/h6-7,13,18H,4-5,8-9H2,1-3H3,(H2,17,22,23). The molecule has 0 unspecified atom stereocenters. The van der Waals surface area contributed by atoms with Crippen molar-refractivity contribution >= 4 is 26.9 Å². The molecule has 1 saturated heterocycles. The number of hydrogen-bond acceptors (Lipinski definition) is 5. The first kappa shape index (κ1) is 17.1. The van der Waals surface area contributed by atoms with Crippen LogP contribution in [0.1, 0.15) is 23.4 Å². The van der Waals surface area contributed by atoms with Crippen LogP contribution in [0.5, 0.6) is 0 Å². The van der Waals surface area contributed by atoms with Crippen LogP contribution in [-0.2, 0) is 10.2 Å². The Bertz CT molecular complexity index is 876. The number of hydrogen-bond donors (Lipinski definition) is 2. The maximum Gasteiger partial charge on any atom is 0.274 e. The monoisotopic (exact) mass is 349 g/mol. The highest BCUT2D eigenvalue weighted by molar-refractivity contribution is 7.87. The summed E-state index contributed by atoms with van der Waals surface area (Å²) in [5, 5.41) is 6.01. The van der Waals surface area contributed by atoms with Gasteiger partial charge in [-0.2, -0.15) is 8.42 Å². The Kier molecular flexibility index (Phi) is 4.46. The number of nitrogens with two attached hydrogens (primary N) is 1. The van der Waals surface area contributed by atoms with Crippen LogP contribution in [0.25, 0.3) is 10.9 Å². The predicted molar refractivity (Wildman–Crippen MR) is 95.2 cm³/mol. The van der Waals surface area contributed by atoms with Gasteiger partial charge in [-0.1, -0.05) is 0 Å². The number of rotatable bonds is 5. The zero-order valence-electron chi connectivity index (χ0n) is 14.2. The molecule has 0 saturated carbocycles. The zero-order chi connectivity index (χ0) is 17.5. The molecule has 1 aromatic carbocycles. The highest BCUT2D eigenvalue weighted by atomic mass is 32.2. The summed E-state index contributed by atoms with van der Waals surface area (Å²) in [5.41, 5.74) is 3.42. The minimum Gasteiger partial charge on any atom is -0.355 e. The smallest absolute Gasteiger partial charge is 0.274 e. The molecular weight excluding hydrogens is 326 g/mol. The van der Waals surface area contributed by atoms with E-state index in [4.69, 9.17) is 5.14 Å². The van der Waals surface area contributed by atoms with Crippen molar-refractivity contribution in [3.8, 4) is 0 Å². The van der Waals surface area contributed by atoms with Gasteiger partial charge >= 0.3 is 0 Å². The highest BCUT2D eigenvalue weighted by Gasteiger charge is 2.29. The molecule has 130 valence electrons. The number of nitrogens with one attached hydrogen (secondary N) is 1. The number of anilines is 1. The lowest BCUT2D eigenvalue weighted by Gasteiger charge is -2.40. The van der Waals surface area contributed by atoms with E-state index in [2.05, 4.69) is 45.6 Å². The zero-order valence-corrected chi connectivity index (χ0v) is 15.0. The topological polar surface area (TPSA) is 101 Å². The normalized spacial score (nSPS) is 15.8. The summed E-state index contributed by atoms with van der Waals surface area (Å²) < 4.78 is 24.1. The molecule has 0 amide bonds. The molecule has 0 bridgehead atoms. The average Bonchev–Trinajstić information content (AvgIpc) is 2.41. The SMILES string of the molecule is Cc1nc(N2CC(CCNS(N)(=O)=O)C2)c2cc(C)c(C)cc2n1. The molecule has 1 aromatic heterocycles. The van der Waals surface area contributed by atoms with Crippen LogP contribution in [-0.4, -0.2) is 38.0 Å². The van der Waals surface area contributed by atoms with Gasteiger partial charge in [0, 0.05) is 25.0 Å². The Hall–Kier alpha value is -1.77. The third-order valence-electron chi connectivity index (χ3n) is 4.52. The second-order valence-electron chi connectivity index (χ2n) is 6.55. The van der Waals surface area contributed by atoms with E-state index in [1.54, 1.807) is 0 Å². The van der Waals surface area contributed by atoms with Gasteiger partial charge in [0.1, 0.15) is 11.6 Å². The largest absolute Gasteiger partial charge is 0.355 e. The van der Waals surface area contributed by atoms with Crippen molar-refractivity contribution in [2.75, 3.05) is 24.5 Å². The van der Waals surface area contributed by atoms with Gasteiger partial charge in [-0.25, -0.2) is 19.8 Å². The van der Waals surface area contributed by atoms with Crippen molar-refractivity contribution in [1.29, 1.82) is 0 Å². The lowest BCUT2D eigenvalue weighted by molar-refractivity contribution is 0.382. The van der Waals surface area contributed by atoms with Crippen LogP contribution in [0.4, 0.5) is 5.82 Å². The van der Waals surface area contributed by atoms with Crippen molar-refractivity contribution < 1.29 is 8.42 Å². The molecule has 0 atom stereocenters. The van der Waals surface area contributed by atoms with Crippen molar-refractivity contribution in [3.63, 3.8) is 0 Å². The maximum absolute atomic E-state index is 10.9. The molecule has 2 aromatic rings. The Morgan fingerprint density at radius 2 is 1.88 bits per heavy atom. The summed E-state index contributed by atoms with van der Waals surface area (Å²) in [7, 11) is -3.60. The molecule has 2 heterocycles. The molecule has 7 nitrogen and oxygen atoms in total. The van der Waals surface area contributed by atoms with E-state index < -0.39 is 10.2 Å². The number of aryl methyl sites for hydroxylation is 3. The maximum atomic E-state index is 10.9. The number of nitrogens with zero attached hydrogens (tertiary/aromatic N) is 3. The van der Waals surface area contributed by atoms with Crippen molar-refractivity contribution in [1.82, 2.24) is 14.7 Å². The van der Waals surface area contributed by atoms with E-state index in [0.29, 0.717) is 12.5 Å². The van der Waals surface area contributed by atoms with Crippen molar-refractivity contribution in [2.24, 2.45) is 11.1 Å². The summed E-state index contributed by atoms with van der Waals surface area (Å²) in [6.45, 7) is 8.19. The number of fused-ring (bicyclic) bond motifs is 1. The van der Waals surface area contributed by atoms with E-state index in [1.165, 1.54) is 11.1 Å². The third kappa shape index (κ3) is 3.66. The fraction of sp³-hybridized carbons (Fsp3) is 0.500. The lowest BCUT2D eigenvalue weighted by atomic mass is 9.95. The summed E-state index contributed by atoms with van der Waals surface area (Å²) in [6.07, 6.45) is 0.771. The molecule has 3 rings (SSSR count).